The molecule has 0 bridgehead atoms. The number of hydrogen-bond donors (Lipinski definition) is 3. The molecule has 0 aromatic carbocycles. The first-order valence-electron chi connectivity index (χ1n) is 20.5. The van der Waals surface area contributed by atoms with Crippen molar-refractivity contribution in [3.05, 3.63) is 72.9 Å². The average molecular weight is 780 g/mol. The minimum Gasteiger partial charge on any atom is -0.462 e. The van der Waals surface area contributed by atoms with Crippen molar-refractivity contribution in [2.75, 3.05) is 26.4 Å². The van der Waals surface area contributed by atoms with Crippen LogP contribution in [0.5, 0.6) is 0 Å². The fourth-order valence-corrected chi connectivity index (χ4v) is 5.88. The number of esters is 2. The van der Waals surface area contributed by atoms with E-state index < -0.39 is 38.6 Å². The van der Waals surface area contributed by atoms with Crippen molar-refractivity contribution in [3.63, 3.8) is 0 Å². The molecule has 54 heavy (non-hydrogen) atoms. The molecule has 0 radical (unpaired) electrons. The van der Waals surface area contributed by atoms with Crippen LogP contribution in [0.15, 0.2) is 72.9 Å². The maximum absolute atomic E-state index is 12.6. The van der Waals surface area contributed by atoms with E-state index in [1.807, 2.05) is 18.2 Å². The van der Waals surface area contributed by atoms with E-state index in [0.717, 1.165) is 77.0 Å². The van der Waals surface area contributed by atoms with Crippen LogP contribution in [0.3, 0.4) is 0 Å². The molecule has 0 amide bonds. The number of ether oxygens (including phenoxy) is 2. The molecule has 0 aromatic rings. The van der Waals surface area contributed by atoms with Crippen LogP contribution in [-0.4, -0.2) is 60.5 Å². The lowest BCUT2D eigenvalue weighted by Crippen LogP contribution is -2.29. The number of phosphoric acid groups is 1. The molecule has 0 saturated heterocycles. The van der Waals surface area contributed by atoms with Gasteiger partial charge in [0.1, 0.15) is 6.61 Å². The van der Waals surface area contributed by atoms with Gasteiger partial charge in [0.25, 0.3) is 0 Å². The Morgan fingerprint density at radius 3 is 1.91 bits per heavy atom. The number of carbonyl (C=O) groups excluding carboxylic acids is 2. The summed E-state index contributed by atoms with van der Waals surface area (Å²) in [5.74, 6) is -0.938. The normalized spacial score (nSPS) is 14.7. The highest BCUT2D eigenvalue weighted by molar-refractivity contribution is 7.47. The van der Waals surface area contributed by atoms with Gasteiger partial charge in [-0.25, -0.2) is 4.57 Å². The highest BCUT2D eigenvalue weighted by Gasteiger charge is 2.26. The standard InChI is InChI=1S/C43H74NO9P/c1-3-5-7-9-11-12-13-14-15-16-17-18-19-20-22-26-31-35-43(47)53-41(39-52-54(48,49)51-37-36-44)38-50-42(46)34-30-27-23-25-29-33-40(45)32-28-24-21-10-8-6-4-2/h6,8,11-12,14-15,17-18,21,24,28,32,40-41,45H,3-5,7,9-10,13,16,19-20,22-23,25-27,29-31,33-39,44H2,1-2H3,(H,48,49)/b8-6+,12-11-,15-14-,18-17-,24-21+,32-28+/t40?,41-/m1/s1. The number of carbonyl (C=O) groups is 2. The van der Waals surface area contributed by atoms with E-state index in [2.05, 4.69) is 62.5 Å². The van der Waals surface area contributed by atoms with Gasteiger partial charge in [-0.3, -0.25) is 18.6 Å². The Balaban J connectivity index is 4.33. The zero-order chi connectivity index (χ0) is 39.8. The highest BCUT2D eigenvalue weighted by atomic mass is 31.2. The number of phosphoric ester groups is 1. The molecule has 0 heterocycles. The molecule has 10 nitrogen and oxygen atoms in total. The monoisotopic (exact) mass is 780 g/mol. The quantitative estimate of drug-likeness (QED) is 0.0182. The van der Waals surface area contributed by atoms with Gasteiger partial charge in [0.05, 0.1) is 19.3 Å². The third kappa shape index (κ3) is 37.7. The van der Waals surface area contributed by atoms with Crippen LogP contribution in [0.2, 0.25) is 0 Å². The van der Waals surface area contributed by atoms with Crippen molar-refractivity contribution in [1.29, 1.82) is 0 Å². The third-order valence-corrected chi connectivity index (χ3v) is 9.16. The largest absolute Gasteiger partial charge is 0.472 e. The molecule has 0 spiro atoms. The fraction of sp³-hybridized carbons (Fsp3) is 0.674. The van der Waals surface area contributed by atoms with Gasteiger partial charge in [-0.2, -0.15) is 0 Å². The zero-order valence-electron chi connectivity index (χ0n) is 33.5. The summed E-state index contributed by atoms with van der Waals surface area (Å²) in [6, 6.07) is 0. The van der Waals surface area contributed by atoms with Crippen LogP contribution in [-0.2, 0) is 32.7 Å². The fourth-order valence-electron chi connectivity index (χ4n) is 5.12. The van der Waals surface area contributed by atoms with Crippen LogP contribution >= 0.6 is 7.82 Å². The summed E-state index contributed by atoms with van der Waals surface area (Å²) in [5.41, 5.74) is 5.33. The first kappa shape index (κ1) is 51.4. The maximum atomic E-state index is 12.6. The Kier molecular flexibility index (Phi) is 36.8. The summed E-state index contributed by atoms with van der Waals surface area (Å²) < 4.78 is 32.6. The third-order valence-electron chi connectivity index (χ3n) is 8.18. The van der Waals surface area contributed by atoms with E-state index in [4.69, 9.17) is 24.3 Å². The van der Waals surface area contributed by atoms with E-state index >= 15 is 0 Å². The van der Waals surface area contributed by atoms with Gasteiger partial charge in [-0.15, -0.1) is 0 Å². The summed E-state index contributed by atoms with van der Waals surface area (Å²) in [7, 11) is -4.41. The van der Waals surface area contributed by atoms with Crippen molar-refractivity contribution < 1.29 is 42.7 Å². The highest BCUT2D eigenvalue weighted by Crippen LogP contribution is 2.43. The van der Waals surface area contributed by atoms with Gasteiger partial charge in [0.2, 0.25) is 0 Å². The Hall–Kier alpha value is -2.59. The number of nitrogens with two attached hydrogens (primary N) is 1. The van der Waals surface area contributed by atoms with E-state index in [0.29, 0.717) is 19.3 Å². The summed E-state index contributed by atoms with van der Waals surface area (Å²) in [6.45, 7) is 3.41. The predicted molar refractivity (Wildman–Crippen MR) is 221 cm³/mol. The zero-order valence-corrected chi connectivity index (χ0v) is 34.4. The number of aliphatic hydroxyl groups excluding tert-OH is 1. The van der Waals surface area contributed by atoms with Crippen LogP contribution in [0, 0.1) is 0 Å². The first-order chi connectivity index (χ1) is 26.2. The molecule has 11 heteroatoms. The lowest BCUT2D eigenvalue weighted by Gasteiger charge is -2.19. The van der Waals surface area contributed by atoms with Crippen molar-refractivity contribution in [2.45, 2.75) is 161 Å². The van der Waals surface area contributed by atoms with E-state index in [-0.39, 0.29) is 32.6 Å². The second kappa shape index (κ2) is 38.7. The molecule has 2 unspecified atom stereocenters. The second-order valence-electron chi connectivity index (χ2n) is 13.3. The topological polar surface area (TPSA) is 155 Å². The van der Waals surface area contributed by atoms with Gasteiger partial charge < -0.3 is 25.2 Å². The Bertz CT molecular complexity index is 1130. The smallest absolute Gasteiger partial charge is 0.462 e. The number of aliphatic hydroxyl groups is 1. The van der Waals surface area contributed by atoms with E-state index in [9.17, 15) is 24.2 Å². The second-order valence-corrected chi connectivity index (χ2v) is 14.8. The van der Waals surface area contributed by atoms with Gasteiger partial charge in [0, 0.05) is 19.4 Å². The van der Waals surface area contributed by atoms with Crippen molar-refractivity contribution in [1.82, 2.24) is 0 Å². The molecule has 0 saturated carbocycles. The molecule has 0 fully saturated rings. The Labute approximate surface area is 327 Å². The summed E-state index contributed by atoms with van der Waals surface area (Å²) in [6.07, 6.45) is 42.3. The summed E-state index contributed by atoms with van der Waals surface area (Å²) in [5, 5.41) is 10.1. The molecule has 0 aromatic heterocycles. The van der Waals surface area contributed by atoms with Gasteiger partial charge in [0.15, 0.2) is 6.10 Å². The number of rotatable bonds is 37. The minimum atomic E-state index is -4.41. The molecular weight excluding hydrogens is 705 g/mol. The van der Waals surface area contributed by atoms with Gasteiger partial charge in [-0.05, 0) is 70.6 Å². The minimum absolute atomic E-state index is 0.0314. The molecule has 0 rings (SSSR count). The molecule has 0 aliphatic carbocycles. The van der Waals surface area contributed by atoms with Crippen LogP contribution < -0.4 is 5.73 Å². The average Bonchev–Trinajstić information content (AvgIpc) is 3.15. The first-order valence-corrected chi connectivity index (χ1v) is 22.0. The number of allylic oxidation sites excluding steroid dienone is 11. The molecular formula is C43H74NO9P. The Morgan fingerprint density at radius 1 is 0.667 bits per heavy atom. The molecule has 0 aliphatic heterocycles. The molecule has 3 atom stereocenters. The lowest BCUT2D eigenvalue weighted by atomic mass is 10.1. The summed E-state index contributed by atoms with van der Waals surface area (Å²) >= 11 is 0. The van der Waals surface area contributed by atoms with Crippen LogP contribution in [0.1, 0.15) is 149 Å². The Morgan fingerprint density at radius 2 is 1.24 bits per heavy atom. The number of unbranched alkanes of at least 4 members (excludes halogenated alkanes) is 11. The maximum Gasteiger partial charge on any atom is 0.472 e. The lowest BCUT2D eigenvalue weighted by molar-refractivity contribution is -0.161. The molecule has 4 N–H and O–H groups in total. The van der Waals surface area contributed by atoms with E-state index in [1.165, 1.54) is 25.7 Å². The molecule has 0 aliphatic rings. The van der Waals surface area contributed by atoms with Crippen molar-refractivity contribution >= 4 is 19.8 Å². The van der Waals surface area contributed by atoms with Crippen LogP contribution in [0.4, 0.5) is 0 Å². The van der Waals surface area contributed by atoms with Crippen molar-refractivity contribution in [3.8, 4) is 0 Å². The predicted octanol–water partition coefficient (Wildman–Crippen LogP) is 10.5. The molecule has 310 valence electrons. The number of hydrogen-bond acceptors (Lipinski definition) is 9. The van der Waals surface area contributed by atoms with Gasteiger partial charge in [-0.1, -0.05) is 138 Å². The van der Waals surface area contributed by atoms with Gasteiger partial charge >= 0.3 is 19.8 Å². The SMILES string of the molecule is CC/C=C/C/C=C/C=C/C(O)CCCCCCCC(=O)OC[C@H](COP(=O)(O)OCCN)OC(=O)CCCCCC/C=C\C/C=C\C/C=C\CCCCC. The summed E-state index contributed by atoms with van der Waals surface area (Å²) in [4.78, 5) is 34.8. The van der Waals surface area contributed by atoms with Crippen molar-refractivity contribution in [2.24, 2.45) is 5.73 Å². The van der Waals surface area contributed by atoms with Crippen LogP contribution in [0.25, 0.3) is 0 Å². The van der Waals surface area contributed by atoms with E-state index in [1.54, 1.807) is 6.08 Å².